The van der Waals surface area contributed by atoms with Crippen molar-refractivity contribution in [3.05, 3.63) is 58.0 Å². The first-order valence-corrected chi connectivity index (χ1v) is 12.3. The molecule has 2 aromatic heterocycles. The van der Waals surface area contributed by atoms with Crippen molar-refractivity contribution in [3.63, 3.8) is 0 Å². The summed E-state index contributed by atoms with van der Waals surface area (Å²) in [6, 6.07) is 9.36. The number of carbonyl (C=O) groups is 1. The summed E-state index contributed by atoms with van der Waals surface area (Å²) in [6.45, 7) is 4.47. The van der Waals surface area contributed by atoms with Gasteiger partial charge in [0.25, 0.3) is 0 Å². The third kappa shape index (κ3) is 3.99. The number of benzene rings is 1. The molecule has 6 nitrogen and oxygen atoms in total. The summed E-state index contributed by atoms with van der Waals surface area (Å²) in [4.78, 5) is 18.1. The quantitative estimate of drug-likeness (QED) is 0.557. The first kappa shape index (κ1) is 21.0. The molecular formula is C22H24N2O4S2. The summed E-state index contributed by atoms with van der Waals surface area (Å²) >= 11 is 1.06. The summed E-state index contributed by atoms with van der Waals surface area (Å²) in [6.07, 6.45) is 4.06. The van der Waals surface area contributed by atoms with Crippen molar-refractivity contribution in [1.82, 2.24) is 9.55 Å². The Kier molecular flexibility index (Phi) is 5.65. The Morgan fingerprint density at radius 2 is 1.93 bits per heavy atom. The largest absolute Gasteiger partial charge is 0.321 e. The maximum absolute atomic E-state index is 12.5. The molecule has 1 aliphatic carbocycles. The highest BCUT2D eigenvalue weighted by molar-refractivity contribution is 7.88. The average molecular weight is 445 g/mol. The van der Waals surface area contributed by atoms with E-state index in [0.29, 0.717) is 18.5 Å². The molecule has 0 spiro atoms. The topological polar surface area (TPSA) is 89.3 Å². The highest BCUT2D eigenvalue weighted by Crippen LogP contribution is 2.35. The number of Topliss-reactive ketones (excluding diaryl/α,β-unsaturated/α-hetero) is 1. The molecule has 4 rings (SSSR count). The van der Waals surface area contributed by atoms with Crippen LogP contribution in [0, 0.1) is 6.92 Å². The summed E-state index contributed by atoms with van der Waals surface area (Å²) in [5.41, 5.74) is 3.91. The lowest BCUT2D eigenvalue weighted by Gasteiger charge is -2.15. The molecule has 8 heteroatoms. The third-order valence-corrected chi connectivity index (χ3v) is 7.75. The van der Waals surface area contributed by atoms with E-state index in [1.54, 1.807) is 6.07 Å². The summed E-state index contributed by atoms with van der Waals surface area (Å²) in [7, 11) is -4.27. The van der Waals surface area contributed by atoms with Gasteiger partial charge in [0, 0.05) is 29.8 Å². The molecule has 0 saturated carbocycles. The Balaban J connectivity index is 1.68. The maximum Gasteiger partial charge on any atom is 0.304 e. The fraction of sp³-hybridized carbons (Fsp3) is 0.364. The average Bonchev–Trinajstić information content (AvgIpc) is 3.24. The lowest BCUT2D eigenvalue weighted by molar-refractivity contribution is 0.0963. The minimum Gasteiger partial charge on any atom is -0.321 e. The number of hydrogen-bond acceptors (Lipinski definition) is 5. The van der Waals surface area contributed by atoms with Crippen LogP contribution < -0.4 is 0 Å². The number of thiophene rings is 1. The first-order valence-electron chi connectivity index (χ1n) is 10.1. The third-order valence-electron chi connectivity index (χ3n) is 5.34. The smallest absolute Gasteiger partial charge is 0.304 e. The van der Waals surface area contributed by atoms with Crippen LogP contribution in [0.5, 0.6) is 0 Å². The zero-order chi connectivity index (χ0) is 21.5. The SMILES string of the molecule is CCCc1nc2c(n1Cc1ccc(-c3cc(C)sc3S(=O)(=O)O)cc1)C(=O)CCC2. The second kappa shape index (κ2) is 8.09. The van der Waals surface area contributed by atoms with Gasteiger partial charge in [-0.05, 0) is 43.4 Å². The zero-order valence-electron chi connectivity index (χ0n) is 17.0. The lowest BCUT2D eigenvalue weighted by Crippen LogP contribution is -2.17. The van der Waals surface area contributed by atoms with Gasteiger partial charge in [-0.1, -0.05) is 31.2 Å². The van der Waals surface area contributed by atoms with Crippen LogP contribution >= 0.6 is 11.3 Å². The normalized spacial score (nSPS) is 14.2. The number of carbonyl (C=O) groups excluding carboxylic acids is 1. The monoisotopic (exact) mass is 444 g/mol. The van der Waals surface area contributed by atoms with Gasteiger partial charge in [-0.25, -0.2) is 4.98 Å². The van der Waals surface area contributed by atoms with Crippen molar-refractivity contribution >= 4 is 27.2 Å². The molecule has 1 aromatic carbocycles. The molecule has 0 radical (unpaired) electrons. The van der Waals surface area contributed by atoms with Crippen molar-refractivity contribution in [3.8, 4) is 11.1 Å². The number of aromatic nitrogens is 2. The van der Waals surface area contributed by atoms with Gasteiger partial charge in [-0.15, -0.1) is 11.3 Å². The van der Waals surface area contributed by atoms with Crippen molar-refractivity contribution in [2.24, 2.45) is 0 Å². The van der Waals surface area contributed by atoms with Gasteiger partial charge in [0.2, 0.25) is 0 Å². The van der Waals surface area contributed by atoms with Gasteiger partial charge in [-0.2, -0.15) is 8.42 Å². The van der Waals surface area contributed by atoms with Gasteiger partial charge in [-0.3, -0.25) is 9.35 Å². The van der Waals surface area contributed by atoms with E-state index in [4.69, 9.17) is 4.98 Å². The second-order valence-electron chi connectivity index (χ2n) is 7.67. The van der Waals surface area contributed by atoms with Crippen LogP contribution in [0.25, 0.3) is 11.1 Å². The van der Waals surface area contributed by atoms with E-state index in [0.717, 1.165) is 70.2 Å². The molecule has 0 unspecified atom stereocenters. The second-order valence-corrected chi connectivity index (χ2v) is 10.5. The Labute approximate surface area is 180 Å². The number of hydrogen-bond donors (Lipinski definition) is 1. The van der Waals surface area contributed by atoms with Gasteiger partial charge < -0.3 is 4.57 Å². The summed E-state index contributed by atoms with van der Waals surface area (Å²) < 4.78 is 35.0. The molecule has 0 atom stereocenters. The lowest BCUT2D eigenvalue weighted by atomic mass is 9.99. The van der Waals surface area contributed by atoms with E-state index in [2.05, 4.69) is 6.92 Å². The molecule has 0 saturated heterocycles. The standard InChI is InChI=1S/C22H24N2O4S2/c1-3-5-20-23-18-6-4-7-19(25)21(18)24(20)13-15-8-10-16(11-9-15)17-12-14(2)29-22(17)30(26,27)28/h8-12H,3-7,13H2,1-2H3,(H,26,27,28). The number of aryl methyl sites for hydroxylation is 3. The molecule has 1 N–H and O–H groups in total. The molecular weight excluding hydrogens is 420 g/mol. The fourth-order valence-electron chi connectivity index (χ4n) is 4.02. The van der Waals surface area contributed by atoms with Crippen LogP contribution in [-0.4, -0.2) is 28.3 Å². The predicted molar refractivity (Wildman–Crippen MR) is 117 cm³/mol. The molecule has 0 aliphatic heterocycles. The van der Waals surface area contributed by atoms with Crippen molar-refractivity contribution in [2.45, 2.75) is 56.7 Å². The minimum atomic E-state index is -4.27. The molecule has 30 heavy (non-hydrogen) atoms. The molecule has 2 heterocycles. The van der Waals surface area contributed by atoms with Gasteiger partial charge in [0.1, 0.15) is 11.5 Å². The highest BCUT2D eigenvalue weighted by atomic mass is 32.3. The zero-order valence-corrected chi connectivity index (χ0v) is 18.6. The van der Waals surface area contributed by atoms with E-state index in [-0.39, 0.29) is 9.99 Å². The van der Waals surface area contributed by atoms with Crippen LogP contribution in [0.4, 0.5) is 0 Å². The maximum atomic E-state index is 12.5. The minimum absolute atomic E-state index is 0.0349. The van der Waals surface area contributed by atoms with E-state index in [1.807, 2.05) is 35.8 Å². The van der Waals surface area contributed by atoms with Crippen molar-refractivity contribution < 1.29 is 17.8 Å². The van der Waals surface area contributed by atoms with Gasteiger partial charge in [0.15, 0.2) is 9.99 Å². The molecule has 0 amide bonds. The van der Waals surface area contributed by atoms with E-state index < -0.39 is 10.1 Å². The van der Waals surface area contributed by atoms with Gasteiger partial charge >= 0.3 is 10.1 Å². The van der Waals surface area contributed by atoms with Crippen LogP contribution in [-0.2, 0) is 29.5 Å². The Morgan fingerprint density at radius 1 is 1.20 bits per heavy atom. The van der Waals surface area contributed by atoms with Crippen LogP contribution in [0.3, 0.4) is 0 Å². The fourth-order valence-corrected chi connectivity index (χ4v) is 6.04. The molecule has 158 valence electrons. The van der Waals surface area contributed by atoms with E-state index in [1.165, 1.54) is 0 Å². The molecule has 0 bridgehead atoms. The highest BCUT2D eigenvalue weighted by Gasteiger charge is 2.26. The van der Waals surface area contributed by atoms with Crippen LogP contribution in [0.15, 0.2) is 34.5 Å². The predicted octanol–water partition coefficient (Wildman–Crippen LogP) is 4.69. The van der Waals surface area contributed by atoms with Crippen LogP contribution in [0.1, 0.15) is 58.6 Å². The Hall–Kier alpha value is -2.29. The Bertz CT molecular complexity index is 1200. The summed E-state index contributed by atoms with van der Waals surface area (Å²) in [5, 5.41) is 0. The molecule has 3 aromatic rings. The number of rotatable bonds is 6. The van der Waals surface area contributed by atoms with Crippen LogP contribution in [0.2, 0.25) is 0 Å². The Morgan fingerprint density at radius 3 is 2.60 bits per heavy atom. The van der Waals surface area contributed by atoms with E-state index >= 15 is 0 Å². The van der Waals surface area contributed by atoms with Crippen molar-refractivity contribution in [2.75, 3.05) is 0 Å². The van der Waals surface area contributed by atoms with Crippen molar-refractivity contribution in [1.29, 1.82) is 0 Å². The number of imidazole rings is 1. The number of nitrogens with zero attached hydrogens (tertiary/aromatic N) is 2. The van der Waals surface area contributed by atoms with Gasteiger partial charge in [0.05, 0.1) is 5.69 Å². The molecule has 0 fully saturated rings. The molecule has 1 aliphatic rings. The van der Waals surface area contributed by atoms with E-state index in [9.17, 15) is 17.8 Å². The number of ketones is 1. The first-order chi connectivity index (χ1) is 14.3. The summed E-state index contributed by atoms with van der Waals surface area (Å²) in [5.74, 6) is 1.11. The number of fused-ring (bicyclic) bond motifs is 1.